The van der Waals surface area contributed by atoms with Gasteiger partial charge in [0.1, 0.15) is 41.1 Å². The number of hydrogen-bond acceptors (Lipinski definition) is 11. The van der Waals surface area contributed by atoms with Crippen molar-refractivity contribution in [1.82, 2.24) is 0 Å². The van der Waals surface area contributed by atoms with Crippen LogP contribution in [0.4, 0.5) is 0 Å². The van der Waals surface area contributed by atoms with Crippen molar-refractivity contribution in [3.63, 3.8) is 0 Å². The Morgan fingerprint density at radius 3 is 2.45 bits per heavy atom. The number of allylic oxidation sites excluding steroid dienone is 4. The summed E-state index contributed by atoms with van der Waals surface area (Å²) in [6.45, 7) is 0.349. The van der Waals surface area contributed by atoms with E-state index in [1.807, 2.05) is 12.2 Å². The average molecular weight is 742 g/mol. The quantitative estimate of drug-likeness (QED) is 0.166. The van der Waals surface area contributed by atoms with Crippen LogP contribution in [0.1, 0.15) is 89.9 Å². The first-order valence-corrected chi connectivity index (χ1v) is 20.6. The van der Waals surface area contributed by atoms with Crippen molar-refractivity contribution in [1.29, 1.82) is 0 Å². The highest BCUT2D eigenvalue weighted by atomic mass is 16.7. The van der Waals surface area contributed by atoms with Gasteiger partial charge in [0, 0.05) is 31.3 Å². The molecule has 0 spiro atoms. The lowest BCUT2D eigenvalue weighted by atomic mass is 9.52. The lowest BCUT2D eigenvalue weighted by molar-refractivity contribution is -0.700. The predicted molar refractivity (Wildman–Crippen MR) is 191 cm³/mol. The molecular formula is C41H61N2O10+. The Hall–Kier alpha value is -2.00. The van der Waals surface area contributed by atoms with Crippen molar-refractivity contribution >= 4 is 11.6 Å². The highest BCUT2D eigenvalue weighted by molar-refractivity contribution is 6.02. The topological polar surface area (TPSA) is 217 Å². The van der Waals surface area contributed by atoms with Gasteiger partial charge in [0.25, 0.3) is 0 Å². The summed E-state index contributed by atoms with van der Waals surface area (Å²) in [5.41, 5.74) is 2.96. The summed E-state index contributed by atoms with van der Waals surface area (Å²) >= 11 is 0. The van der Waals surface area contributed by atoms with Crippen LogP contribution in [0.3, 0.4) is 0 Å². The summed E-state index contributed by atoms with van der Waals surface area (Å²) in [7, 11) is 0. The van der Waals surface area contributed by atoms with Crippen LogP contribution < -0.4 is 11.1 Å². The molecule has 12 nitrogen and oxygen atoms in total. The van der Waals surface area contributed by atoms with Gasteiger partial charge in [0.2, 0.25) is 0 Å². The molecule has 12 heteroatoms. The zero-order valence-electron chi connectivity index (χ0n) is 30.8. The van der Waals surface area contributed by atoms with Gasteiger partial charge in [-0.1, -0.05) is 50.3 Å². The third kappa shape index (κ3) is 6.14. The normalized spacial score (nSPS) is 48.1. The van der Waals surface area contributed by atoms with Gasteiger partial charge < -0.3 is 45.4 Å². The van der Waals surface area contributed by atoms with Gasteiger partial charge in [-0.15, -0.1) is 0 Å². The molecule has 2 bridgehead atoms. The largest absolute Gasteiger partial charge is 0.512 e. The Kier molecular flexibility index (Phi) is 10.4. The maximum atomic E-state index is 14.4. The Morgan fingerprint density at radius 1 is 0.962 bits per heavy atom. The Labute approximate surface area is 311 Å². The molecule has 4 saturated carbocycles. The molecule has 6 aliphatic carbocycles. The Morgan fingerprint density at radius 2 is 1.72 bits per heavy atom. The first-order valence-electron chi connectivity index (χ1n) is 20.6. The Bertz CT molecular complexity index is 1510. The second-order valence-electron chi connectivity index (χ2n) is 18.2. The van der Waals surface area contributed by atoms with Crippen molar-refractivity contribution < 1.29 is 55.0 Å². The van der Waals surface area contributed by atoms with Crippen molar-refractivity contribution in [3.8, 4) is 0 Å². The van der Waals surface area contributed by atoms with E-state index in [9.17, 15) is 40.2 Å². The van der Waals surface area contributed by atoms with Crippen LogP contribution in [-0.2, 0) is 19.1 Å². The molecule has 2 saturated heterocycles. The molecule has 10 N–H and O–H groups in total. The number of aliphatic hydroxyl groups excluding tert-OH is 5. The van der Waals surface area contributed by atoms with Gasteiger partial charge in [0.05, 0.1) is 37.0 Å². The molecule has 8 aliphatic rings. The van der Waals surface area contributed by atoms with Crippen LogP contribution in [0.15, 0.2) is 35.6 Å². The molecule has 15 unspecified atom stereocenters. The maximum absolute atomic E-state index is 14.4. The smallest absolute Gasteiger partial charge is 0.188 e. The SMILES string of the molecule is NC1CC(C2(C3C=CC4(CO)OC(OC5CCCC6C(=O)C7C=C(CC8CCCC(CO)C8)C=C(O)C7C(=O)C56)C(O)C3(O)C4O)CCCC2)CC[NH2+]1. The molecule has 8 rings (SSSR count). The molecule has 0 amide bonds. The van der Waals surface area contributed by atoms with Gasteiger partial charge in [-0.25, -0.2) is 0 Å². The van der Waals surface area contributed by atoms with E-state index in [-0.39, 0.29) is 41.9 Å². The third-order valence-corrected chi connectivity index (χ3v) is 15.3. The molecule has 0 radical (unpaired) electrons. The monoisotopic (exact) mass is 741 g/mol. The van der Waals surface area contributed by atoms with E-state index < -0.39 is 77.4 Å². The van der Waals surface area contributed by atoms with E-state index in [2.05, 4.69) is 5.32 Å². The van der Waals surface area contributed by atoms with Crippen molar-refractivity contribution in [2.24, 2.45) is 58.5 Å². The average Bonchev–Trinajstić information content (AvgIpc) is 3.65. The maximum Gasteiger partial charge on any atom is 0.188 e. The first-order chi connectivity index (χ1) is 25.5. The molecule has 294 valence electrons. The van der Waals surface area contributed by atoms with Gasteiger partial charge in [0.15, 0.2) is 12.1 Å². The number of Topliss-reactive ketones (excluding diaryl/α,β-unsaturated/α-hetero) is 2. The summed E-state index contributed by atoms with van der Waals surface area (Å²) in [5.74, 6) is -3.69. The lowest BCUT2D eigenvalue weighted by Crippen LogP contribution is -2.95. The number of quaternary nitrogens is 1. The fourth-order valence-corrected chi connectivity index (χ4v) is 12.8. The summed E-state index contributed by atoms with van der Waals surface area (Å²) in [6.07, 6.45) is 12.5. The highest BCUT2D eigenvalue weighted by Crippen LogP contribution is 2.61. The van der Waals surface area contributed by atoms with E-state index >= 15 is 0 Å². The number of ketones is 2. The van der Waals surface area contributed by atoms with Gasteiger partial charge in [-0.05, 0) is 79.8 Å². The minimum atomic E-state index is -2.14. The van der Waals surface area contributed by atoms with Crippen LogP contribution >= 0.6 is 0 Å². The number of carbonyl (C=O) groups is 2. The number of carbonyl (C=O) groups excluding carboxylic acids is 2. The van der Waals surface area contributed by atoms with Gasteiger partial charge in [-0.3, -0.25) is 15.3 Å². The summed E-state index contributed by atoms with van der Waals surface area (Å²) in [5, 5.41) is 70.7. The van der Waals surface area contributed by atoms with E-state index in [1.165, 1.54) is 0 Å². The number of nitrogens with two attached hydrogens (primary N) is 2. The van der Waals surface area contributed by atoms with E-state index in [0.717, 1.165) is 76.3 Å². The summed E-state index contributed by atoms with van der Waals surface area (Å²) in [6, 6.07) is 0. The predicted octanol–water partition coefficient (Wildman–Crippen LogP) is 1.29. The highest BCUT2D eigenvalue weighted by Gasteiger charge is 2.70. The fourth-order valence-electron chi connectivity index (χ4n) is 12.8. The fraction of sp³-hybridized carbons (Fsp3) is 0.805. The van der Waals surface area contributed by atoms with Crippen LogP contribution in [0.2, 0.25) is 0 Å². The zero-order valence-corrected chi connectivity index (χ0v) is 30.8. The van der Waals surface area contributed by atoms with E-state index in [0.29, 0.717) is 31.6 Å². The number of fused-ring (bicyclic) bond motifs is 4. The van der Waals surface area contributed by atoms with Crippen molar-refractivity contribution in [2.75, 3.05) is 19.8 Å². The van der Waals surface area contributed by atoms with Crippen LogP contribution in [0.25, 0.3) is 0 Å². The van der Waals surface area contributed by atoms with Crippen LogP contribution in [0.5, 0.6) is 0 Å². The molecule has 2 aliphatic heterocycles. The minimum absolute atomic E-state index is 0.0720. The zero-order chi connectivity index (χ0) is 37.3. The molecule has 15 atom stereocenters. The van der Waals surface area contributed by atoms with Gasteiger partial charge >= 0.3 is 0 Å². The second kappa shape index (κ2) is 14.5. The van der Waals surface area contributed by atoms with Crippen LogP contribution in [-0.4, -0.2) is 104 Å². The first kappa shape index (κ1) is 37.9. The number of ether oxygens (including phenoxy) is 2. The number of piperidine rings is 1. The second-order valence-corrected chi connectivity index (χ2v) is 18.2. The number of aliphatic hydroxyl groups is 6. The molecule has 53 heavy (non-hydrogen) atoms. The molecule has 0 aromatic rings. The van der Waals surface area contributed by atoms with Crippen LogP contribution in [0, 0.1) is 52.8 Å². The number of hydrogen-bond donors (Lipinski definition) is 8. The molecular weight excluding hydrogens is 680 g/mol. The van der Waals surface area contributed by atoms with Gasteiger partial charge in [-0.2, -0.15) is 0 Å². The Balaban J connectivity index is 1.05. The molecule has 0 aromatic carbocycles. The molecule has 2 heterocycles. The summed E-state index contributed by atoms with van der Waals surface area (Å²) in [4.78, 5) is 28.7. The minimum Gasteiger partial charge on any atom is -0.512 e. The molecule has 0 aromatic heterocycles. The standard InChI is InChI=1S/C41H60N2O10/c42-31-19-25(10-14-43-31)39(11-1-2-12-39)30-9-13-40(21-45)38(50)41(30,51)36(49)37(53-40)52-29-8-4-7-26-33(29)35(48)32-27(34(26)47)17-24(18-28(32)46)16-22-5-3-6-23(15-22)20-44/h9,13,17-18,22-23,25-27,29-33,36-38,43-46,49-51H,1-8,10-12,14-16,19-21,42H2/p+1. The van der Waals surface area contributed by atoms with Crippen molar-refractivity contribution in [3.05, 3.63) is 35.6 Å². The summed E-state index contributed by atoms with van der Waals surface area (Å²) < 4.78 is 12.8. The third-order valence-electron chi connectivity index (χ3n) is 15.3. The molecule has 6 fully saturated rings. The van der Waals surface area contributed by atoms with E-state index in [4.69, 9.17) is 15.2 Å². The van der Waals surface area contributed by atoms with Crippen molar-refractivity contribution in [2.45, 2.75) is 132 Å². The van der Waals surface area contributed by atoms with E-state index in [1.54, 1.807) is 12.2 Å². The number of rotatable bonds is 8. The lowest BCUT2D eigenvalue weighted by Gasteiger charge is -2.62.